The standard InChI is InChI=1S/C9H14O4/c1-5-4-6(10)8(12-2)9(13-3)7(5)11/h5-6,10H,4H2,1-3H3. The van der Waals surface area contributed by atoms with Crippen molar-refractivity contribution in [3.8, 4) is 0 Å². The van der Waals surface area contributed by atoms with Crippen LogP contribution in [0.15, 0.2) is 11.5 Å². The van der Waals surface area contributed by atoms with E-state index in [1.807, 2.05) is 0 Å². The van der Waals surface area contributed by atoms with Crippen LogP contribution in [0.25, 0.3) is 0 Å². The predicted octanol–water partition coefficient (Wildman–Crippen LogP) is 0.461. The van der Waals surface area contributed by atoms with E-state index >= 15 is 0 Å². The first-order valence-corrected chi connectivity index (χ1v) is 4.16. The Bertz CT molecular complexity index is 244. The van der Waals surface area contributed by atoms with E-state index in [0.29, 0.717) is 6.42 Å². The highest BCUT2D eigenvalue weighted by Crippen LogP contribution is 2.27. The van der Waals surface area contributed by atoms with Crippen molar-refractivity contribution in [3.63, 3.8) is 0 Å². The Morgan fingerprint density at radius 3 is 2.46 bits per heavy atom. The van der Waals surface area contributed by atoms with Gasteiger partial charge < -0.3 is 14.6 Å². The second-order valence-corrected chi connectivity index (χ2v) is 3.12. The van der Waals surface area contributed by atoms with Gasteiger partial charge in [-0.1, -0.05) is 6.92 Å². The fourth-order valence-corrected chi connectivity index (χ4v) is 1.48. The number of allylic oxidation sites excluding steroid dienone is 1. The Hall–Kier alpha value is -1.03. The van der Waals surface area contributed by atoms with Crippen LogP contribution in [0, 0.1) is 5.92 Å². The lowest BCUT2D eigenvalue weighted by atomic mass is 9.90. The molecule has 1 aliphatic carbocycles. The lowest BCUT2D eigenvalue weighted by Crippen LogP contribution is -2.31. The van der Waals surface area contributed by atoms with Gasteiger partial charge in [0.05, 0.1) is 14.2 Å². The number of carbonyl (C=O) groups excluding carboxylic acids is 1. The topological polar surface area (TPSA) is 55.8 Å². The zero-order chi connectivity index (χ0) is 10.0. The summed E-state index contributed by atoms with van der Waals surface area (Å²) in [5.74, 6) is 0.0767. The number of ether oxygens (including phenoxy) is 2. The van der Waals surface area contributed by atoms with Crippen LogP contribution in [0.1, 0.15) is 13.3 Å². The summed E-state index contributed by atoms with van der Waals surface area (Å²) in [6.07, 6.45) is -0.331. The van der Waals surface area contributed by atoms with Crippen molar-refractivity contribution in [2.24, 2.45) is 5.92 Å². The van der Waals surface area contributed by atoms with Gasteiger partial charge in [0.1, 0.15) is 6.10 Å². The lowest BCUT2D eigenvalue weighted by Gasteiger charge is -2.25. The SMILES string of the molecule is COC1=C(OC)C(O)CC(C)C1=O. The molecule has 0 aromatic rings. The first-order chi connectivity index (χ1) is 6.11. The molecule has 0 spiro atoms. The maximum absolute atomic E-state index is 11.5. The molecular formula is C9H14O4. The molecular weight excluding hydrogens is 172 g/mol. The van der Waals surface area contributed by atoms with E-state index in [4.69, 9.17) is 9.47 Å². The van der Waals surface area contributed by atoms with Crippen molar-refractivity contribution >= 4 is 5.78 Å². The van der Waals surface area contributed by atoms with Crippen LogP contribution in [0.2, 0.25) is 0 Å². The molecule has 4 heteroatoms. The monoisotopic (exact) mass is 186 g/mol. The van der Waals surface area contributed by atoms with Gasteiger partial charge in [-0.25, -0.2) is 0 Å². The number of carbonyl (C=O) groups is 1. The smallest absolute Gasteiger partial charge is 0.203 e. The largest absolute Gasteiger partial charge is 0.494 e. The minimum absolute atomic E-state index is 0.107. The quantitative estimate of drug-likeness (QED) is 0.680. The highest BCUT2D eigenvalue weighted by Gasteiger charge is 2.34. The van der Waals surface area contributed by atoms with Gasteiger partial charge in [0.2, 0.25) is 11.5 Å². The second-order valence-electron chi connectivity index (χ2n) is 3.12. The van der Waals surface area contributed by atoms with Crippen LogP contribution in [0.5, 0.6) is 0 Å². The molecule has 1 rings (SSSR count). The summed E-state index contributed by atoms with van der Waals surface area (Å²) >= 11 is 0. The van der Waals surface area contributed by atoms with E-state index in [1.54, 1.807) is 6.92 Å². The molecule has 13 heavy (non-hydrogen) atoms. The number of methoxy groups -OCH3 is 2. The van der Waals surface area contributed by atoms with Crippen molar-refractivity contribution < 1.29 is 19.4 Å². The van der Waals surface area contributed by atoms with Crippen molar-refractivity contribution in [2.45, 2.75) is 19.4 Å². The van der Waals surface area contributed by atoms with E-state index < -0.39 is 6.10 Å². The van der Waals surface area contributed by atoms with Gasteiger partial charge in [0, 0.05) is 5.92 Å². The summed E-state index contributed by atoms with van der Waals surface area (Å²) in [6.45, 7) is 1.76. The van der Waals surface area contributed by atoms with Crippen LogP contribution >= 0.6 is 0 Å². The summed E-state index contributed by atoms with van der Waals surface area (Å²) < 4.78 is 9.80. The fraction of sp³-hybridized carbons (Fsp3) is 0.667. The van der Waals surface area contributed by atoms with Gasteiger partial charge in [0.25, 0.3) is 0 Å². The zero-order valence-corrected chi connectivity index (χ0v) is 8.03. The summed E-state index contributed by atoms with van der Waals surface area (Å²) in [4.78, 5) is 11.5. The van der Waals surface area contributed by atoms with Crippen LogP contribution in [0.3, 0.4) is 0 Å². The van der Waals surface area contributed by atoms with E-state index in [-0.39, 0.29) is 23.2 Å². The van der Waals surface area contributed by atoms with E-state index in [1.165, 1.54) is 14.2 Å². The van der Waals surface area contributed by atoms with Crippen molar-refractivity contribution in [2.75, 3.05) is 14.2 Å². The molecule has 2 atom stereocenters. The molecule has 1 aliphatic rings. The second kappa shape index (κ2) is 3.79. The Morgan fingerprint density at radius 2 is 2.00 bits per heavy atom. The molecule has 0 saturated heterocycles. The Kier molecular flexibility index (Phi) is 2.93. The average molecular weight is 186 g/mol. The minimum atomic E-state index is -0.729. The predicted molar refractivity (Wildman–Crippen MR) is 45.8 cm³/mol. The van der Waals surface area contributed by atoms with Crippen molar-refractivity contribution in [3.05, 3.63) is 11.5 Å². The summed E-state index contributed by atoms with van der Waals surface area (Å²) in [7, 11) is 2.82. The highest BCUT2D eigenvalue weighted by atomic mass is 16.5. The molecule has 0 heterocycles. The van der Waals surface area contributed by atoms with Crippen LogP contribution in [0.4, 0.5) is 0 Å². The molecule has 0 fully saturated rings. The highest BCUT2D eigenvalue weighted by molar-refractivity contribution is 5.96. The molecule has 0 saturated carbocycles. The van der Waals surface area contributed by atoms with Gasteiger partial charge in [-0.15, -0.1) is 0 Å². The number of Topliss-reactive ketones (excluding diaryl/α,β-unsaturated/α-hetero) is 1. The maximum Gasteiger partial charge on any atom is 0.203 e. The summed E-state index contributed by atoms with van der Waals surface area (Å²) in [5.41, 5.74) is 0. The lowest BCUT2D eigenvalue weighted by molar-refractivity contribution is -0.125. The molecule has 4 nitrogen and oxygen atoms in total. The molecule has 0 amide bonds. The van der Waals surface area contributed by atoms with E-state index in [0.717, 1.165) is 0 Å². The van der Waals surface area contributed by atoms with E-state index in [9.17, 15) is 9.90 Å². The normalized spacial score (nSPS) is 29.1. The maximum atomic E-state index is 11.5. The Labute approximate surface area is 77.1 Å². The van der Waals surface area contributed by atoms with Gasteiger partial charge >= 0.3 is 0 Å². The number of hydrogen-bond acceptors (Lipinski definition) is 4. The van der Waals surface area contributed by atoms with Gasteiger partial charge in [-0.2, -0.15) is 0 Å². The molecule has 0 aromatic heterocycles. The first-order valence-electron chi connectivity index (χ1n) is 4.16. The third kappa shape index (κ3) is 1.67. The molecule has 0 aliphatic heterocycles. The molecule has 2 unspecified atom stereocenters. The molecule has 1 N–H and O–H groups in total. The third-order valence-electron chi connectivity index (χ3n) is 2.20. The summed E-state index contributed by atoms with van der Waals surface area (Å²) in [6, 6.07) is 0. The zero-order valence-electron chi connectivity index (χ0n) is 8.03. The van der Waals surface area contributed by atoms with Crippen LogP contribution in [-0.4, -0.2) is 31.2 Å². The van der Waals surface area contributed by atoms with Crippen molar-refractivity contribution in [1.29, 1.82) is 0 Å². The number of aliphatic hydroxyl groups is 1. The van der Waals surface area contributed by atoms with E-state index in [2.05, 4.69) is 0 Å². The number of rotatable bonds is 2. The van der Waals surface area contributed by atoms with Crippen LogP contribution in [-0.2, 0) is 14.3 Å². The molecule has 0 radical (unpaired) electrons. The fourth-order valence-electron chi connectivity index (χ4n) is 1.48. The van der Waals surface area contributed by atoms with Gasteiger partial charge in [0.15, 0.2) is 5.76 Å². The number of ketones is 1. The van der Waals surface area contributed by atoms with Gasteiger partial charge in [-0.3, -0.25) is 4.79 Å². The number of hydrogen-bond donors (Lipinski definition) is 1. The first kappa shape index (κ1) is 10.1. The van der Waals surface area contributed by atoms with Gasteiger partial charge in [-0.05, 0) is 6.42 Å². The third-order valence-corrected chi connectivity index (χ3v) is 2.20. The molecule has 0 bridgehead atoms. The Balaban J connectivity index is 3.05. The van der Waals surface area contributed by atoms with Crippen molar-refractivity contribution in [1.82, 2.24) is 0 Å². The Morgan fingerprint density at radius 1 is 1.38 bits per heavy atom. The minimum Gasteiger partial charge on any atom is -0.494 e. The molecule has 74 valence electrons. The molecule has 0 aromatic carbocycles. The summed E-state index contributed by atoms with van der Waals surface area (Å²) in [5, 5.41) is 9.54. The number of aliphatic hydroxyl groups excluding tert-OH is 1. The average Bonchev–Trinajstić information content (AvgIpc) is 2.10. The van der Waals surface area contributed by atoms with Crippen LogP contribution < -0.4 is 0 Å².